The summed E-state index contributed by atoms with van der Waals surface area (Å²) < 4.78 is 0. The van der Waals surface area contributed by atoms with Crippen molar-refractivity contribution < 1.29 is 14.7 Å². The standard InChI is InChI=1S/C14H23N3O3S/c1-9(2)5-10(7-15)6-12(18)16-4-3-13-17-11(8-21-13)14(19)20/h8-10H,3-7,15H2,1-2H3,(H,16,18)(H,19,20). The van der Waals surface area contributed by atoms with Crippen LogP contribution in [-0.2, 0) is 11.2 Å². The average molecular weight is 313 g/mol. The number of thiazole rings is 1. The lowest BCUT2D eigenvalue weighted by Gasteiger charge is -2.16. The van der Waals surface area contributed by atoms with Crippen molar-refractivity contribution in [2.24, 2.45) is 17.6 Å². The summed E-state index contributed by atoms with van der Waals surface area (Å²) in [5.41, 5.74) is 5.73. The number of aromatic nitrogens is 1. The number of aromatic carboxylic acids is 1. The summed E-state index contributed by atoms with van der Waals surface area (Å²) in [5.74, 6) is -0.304. The number of nitrogens with one attached hydrogen (secondary N) is 1. The summed E-state index contributed by atoms with van der Waals surface area (Å²) in [7, 11) is 0. The summed E-state index contributed by atoms with van der Waals surface area (Å²) in [6.07, 6.45) is 1.92. The summed E-state index contributed by atoms with van der Waals surface area (Å²) in [6, 6.07) is 0. The Kier molecular flexibility index (Phi) is 7.31. The van der Waals surface area contributed by atoms with Gasteiger partial charge in [0.2, 0.25) is 5.91 Å². The molecule has 7 heteroatoms. The number of hydrogen-bond donors (Lipinski definition) is 3. The smallest absolute Gasteiger partial charge is 0.355 e. The van der Waals surface area contributed by atoms with Crippen molar-refractivity contribution in [2.45, 2.75) is 33.1 Å². The monoisotopic (exact) mass is 313 g/mol. The molecule has 0 saturated heterocycles. The SMILES string of the molecule is CC(C)CC(CN)CC(=O)NCCc1nc(C(=O)O)cs1. The fourth-order valence-corrected chi connectivity index (χ4v) is 2.87. The van der Waals surface area contributed by atoms with E-state index in [-0.39, 0.29) is 17.5 Å². The van der Waals surface area contributed by atoms with Crippen LogP contribution in [0.25, 0.3) is 0 Å². The van der Waals surface area contributed by atoms with Gasteiger partial charge < -0.3 is 16.2 Å². The predicted molar refractivity (Wildman–Crippen MR) is 82.4 cm³/mol. The van der Waals surface area contributed by atoms with E-state index in [9.17, 15) is 9.59 Å². The Balaban J connectivity index is 2.30. The predicted octanol–water partition coefficient (Wildman–Crippen LogP) is 1.51. The molecule has 1 aromatic rings. The van der Waals surface area contributed by atoms with Crippen molar-refractivity contribution in [1.29, 1.82) is 0 Å². The number of hydrogen-bond acceptors (Lipinski definition) is 5. The molecule has 0 aliphatic rings. The number of carbonyl (C=O) groups excluding carboxylic acids is 1. The molecule has 6 nitrogen and oxygen atoms in total. The first-order valence-electron chi connectivity index (χ1n) is 7.06. The number of carbonyl (C=O) groups is 2. The highest BCUT2D eigenvalue weighted by molar-refractivity contribution is 7.09. The van der Waals surface area contributed by atoms with Gasteiger partial charge in [-0.15, -0.1) is 11.3 Å². The third kappa shape index (κ3) is 6.68. The quantitative estimate of drug-likeness (QED) is 0.641. The van der Waals surface area contributed by atoms with Crippen molar-refractivity contribution >= 4 is 23.2 Å². The molecule has 1 rings (SSSR count). The van der Waals surface area contributed by atoms with Crippen molar-refractivity contribution in [3.63, 3.8) is 0 Å². The van der Waals surface area contributed by atoms with Crippen LogP contribution in [0.3, 0.4) is 0 Å². The molecule has 4 N–H and O–H groups in total. The Bertz CT molecular complexity index is 474. The first-order valence-corrected chi connectivity index (χ1v) is 7.94. The highest BCUT2D eigenvalue weighted by Crippen LogP contribution is 2.14. The number of nitrogens with zero attached hydrogens (tertiary/aromatic N) is 1. The highest BCUT2D eigenvalue weighted by atomic mass is 32.1. The van der Waals surface area contributed by atoms with Gasteiger partial charge in [0.05, 0.1) is 5.01 Å². The molecule has 0 spiro atoms. The van der Waals surface area contributed by atoms with E-state index in [1.54, 1.807) is 0 Å². The number of rotatable bonds is 9. The zero-order valence-electron chi connectivity index (χ0n) is 12.5. The van der Waals surface area contributed by atoms with Crippen molar-refractivity contribution in [3.05, 3.63) is 16.1 Å². The summed E-state index contributed by atoms with van der Waals surface area (Å²) in [5, 5.41) is 13.8. The lowest BCUT2D eigenvalue weighted by atomic mass is 9.94. The van der Waals surface area contributed by atoms with Gasteiger partial charge in [0.25, 0.3) is 0 Å². The minimum Gasteiger partial charge on any atom is -0.476 e. The van der Waals surface area contributed by atoms with E-state index in [0.717, 1.165) is 6.42 Å². The maximum Gasteiger partial charge on any atom is 0.355 e. The van der Waals surface area contributed by atoms with E-state index in [0.29, 0.717) is 36.9 Å². The molecule has 118 valence electrons. The highest BCUT2D eigenvalue weighted by Gasteiger charge is 2.14. The molecule has 0 aliphatic heterocycles. The van der Waals surface area contributed by atoms with Gasteiger partial charge >= 0.3 is 5.97 Å². The maximum atomic E-state index is 11.8. The second-order valence-electron chi connectivity index (χ2n) is 5.47. The summed E-state index contributed by atoms with van der Waals surface area (Å²) in [6.45, 7) is 5.20. The van der Waals surface area contributed by atoms with Gasteiger partial charge in [-0.1, -0.05) is 13.8 Å². The zero-order valence-corrected chi connectivity index (χ0v) is 13.3. The molecule has 0 aromatic carbocycles. The maximum absolute atomic E-state index is 11.8. The van der Waals surface area contributed by atoms with Gasteiger partial charge in [-0.05, 0) is 24.8 Å². The van der Waals surface area contributed by atoms with Crippen molar-refractivity contribution in [2.75, 3.05) is 13.1 Å². The van der Waals surface area contributed by atoms with E-state index < -0.39 is 5.97 Å². The second-order valence-corrected chi connectivity index (χ2v) is 6.41. The van der Waals surface area contributed by atoms with Gasteiger partial charge in [0.1, 0.15) is 0 Å². The lowest BCUT2D eigenvalue weighted by Crippen LogP contribution is -2.30. The van der Waals surface area contributed by atoms with Crippen LogP contribution in [0.4, 0.5) is 0 Å². The topological polar surface area (TPSA) is 105 Å². The van der Waals surface area contributed by atoms with Gasteiger partial charge in [-0.3, -0.25) is 4.79 Å². The van der Waals surface area contributed by atoms with Crippen LogP contribution in [0, 0.1) is 11.8 Å². The molecule has 1 atom stereocenters. The molecule has 0 bridgehead atoms. The van der Waals surface area contributed by atoms with E-state index >= 15 is 0 Å². The van der Waals surface area contributed by atoms with E-state index in [1.165, 1.54) is 16.7 Å². The normalized spacial score (nSPS) is 12.4. The first-order chi connectivity index (χ1) is 9.92. The van der Waals surface area contributed by atoms with Crippen LogP contribution in [0.1, 0.15) is 42.2 Å². The van der Waals surface area contributed by atoms with E-state index in [1.807, 2.05) is 0 Å². The number of carboxylic acid groups (broad SMARTS) is 1. The Morgan fingerprint density at radius 2 is 2.19 bits per heavy atom. The summed E-state index contributed by atoms with van der Waals surface area (Å²) in [4.78, 5) is 26.5. The largest absolute Gasteiger partial charge is 0.476 e. The van der Waals surface area contributed by atoms with E-state index in [2.05, 4.69) is 24.1 Å². The van der Waals surface area contributed by atoms with Crippen LogP contribution in [0.15, 0.2) is 5.38 Å². The Morgan fingerprint density at radius 1 is 1.48 bits per heavy atom. The molecule has 0 fully saturated rings. The fraction of sp³-hybridized carbons (Fsp3) is 0.643. The third-order valence-electron chi connectivity index (χ3n) is 3.04. The van der Waals surface area contributed by atoms with Crippen LogP contribution in [0.2, 0.25) is 0 Å². The van der Waals surface area contributed by atoms with Crippen LogP contribution >= 0.6 is 11.3 Å². The minimum absolute atomic E-state index is 0.0129. The molecule has 0 radical (unpaired) electrons. The molecule has 1 unspecified atom stereocenters. The first kappa shape index (κ1) is 17.6. The van der Waals surface area contributed by atoms with Crippen molar-refractivity contribution in [1.82, 2.24) is 10.3 Å². The van der Waals surface area contributed by atoms with E-state index in [4.69, 9.17) is 10.8 Å². The fourth-order valence-electron chi connectivity index (χ4n) is 2.10. The second kappa shape index (κ2) is 8.74. The van der Waals surface area contributed by atoms with Gasteiger partial charge in [0.15, 0.2) is 5.69 Å². The average Bonchev–Trinajstić information content (AvgIpc) is 2.86. The third-order valence-corrected chi connectivity index (χ3v) is 3.95. The molecular formula is C14H23N3O3S. The molecular weight excluding hydrogens is 290 g/mol. The summed E-state index contributed by atoms with van der Waals surface area (Å²) >= 11 is 1.29. The zero-order chi connectivity index (χ0) is 15.8. The number of nitrogens with two attached hydrogens (primary N) is 1. The van der Waals surface area contributed by atoms with Crippen LogP contribution < -0.4 is 11.1 Å². The van der Waals surface area contributed by atoms with Gasteiger partial charge in [-0.2, -0.15) is 0 Å². The van der Waals surface area contributed by atoms with Gasteiger partial charge in [0, 0.05) is 24.8 Å². The Labute approximate surface area is 128 Å². The number of amides is 1. The number of carboxylic acids is 1. The molecule has 1 heterocycles. The van der Waals surface area contributed by atoms with Crippen molar-refractivity contribution in [3.8, 4) is 0 Å². The molecule has 1 amide bonds. The molecule has 0 saturated carbocycles. The lowest BCUT2D eigenvalue weighted by molar-refractivity contribution is -0.122. The minimum atomic E-state index is -1.03. The molecule has 21 heavy (non-hydrogen) atoms. The molecule has 1 aromatic heterocycles. The van der Waals surface area contributed by atoms with Crippen LogP contribution in [0.5, 0.6) is 0 Å². The van der Waals surface area contributed by atoms with Gasteiger partial charge in [-0.25, -0.2) is 9.78 Å². The van der Waals surface area contributed by atoms with Crippen LogP contribution in [-0.4, -0.2) is 35.1 Å². The Hall–Kier alpha value is -1.47. The molecule has 0 aliphatic carbocycles. The Morgan fingerprint density at radius 3 is 2.71 bits per heavy atom.